The first-order chi connectivity index (χ1) is 12.9. The van der Waals surface area contributed by atoms with Crippen molar-refractivity contribution in [2.45, 2.75) is 17.7 Å². The summed E-state index contributed by atoms with van der Waals surface area (Å²) in [4.78, 5) is 19.2. The number of benzene rings is 1. The molecule has 7 nitrogen and oxygen atoms in total. The van der Waals surface area contributed by atoms with Crippen LogP contribution in [0.15, 0.2) is 40.7 Å². The monoisotopic (exact) mass is 408 g/mol. The van der Waals surface area contributed by atoms with Gasteiger partial charge in [0.1, 0.15) is 0 Å². The Morgan fingerprint density at radius 3 is 2.70 bits per heavy atom. The molecule has 0 aliphatic carbocycles. The van der Waals surface area contributed by atoms with Crippen molar-refractivity contribution in [3.63, 3.8) is 0 Å². The van der Waals surface area contributed by atoms with Gasteiger partial charge in [0, 0.05) is 50.9 Å². The third kappa shape index (κ3) is 4.66. The van der Waals surface area contributed by atoms with Crippen LogP contribution in [0, 0.1) is 5.92 Å². The van der Waals surface area contributed by atoms with Gasteiger partial charge in [-0.15, -0.1) is 11.3 Å². The van der Waals surface area contributed by atoms with Crippen molar-refractivity contribution >= 4 is 32.4 Å². The van der Waals surface area contributed by atoms with Crippen molar-refractivity contribution in [2.75, 3.05) is 38.6 Å². The minimum atomic E-state index is -3.49. The van der Waals surface area contributed by atoms with Crippen LogP contribution in [0.25, 0.3) is 0 Å². The molecule has 1 aromatic carbocycles. The third-order valence-corrected chi connectivity index (χ3v) is 7.32. The number of nitrogens with one attached hydrogen (secondary N) is 1. The van der Waals surface area contributed by atoms with Gasteiger partial charge < -0.3 is 10.2 Å². The number of aromatic nitrogens is 1. The molecule has 146 valence electrons. The molecule has 0 bridgehead atoms. The first-order valence-corrected chi connectivity index (χ1v) is 11.1. The molecule has 1 saturated heterocycles. The zero-order chi connectivity index (χ0) is 19.4. The number of amides is 1. The predicted octanol–water partition coefficient (Wildman–Crippen LogP) is 2.04. The molecule has 27 heavy (non-hydrogen) atoms. The first-order valence-electron chi connectivity index (χ1n) is 8.83. The van der Waals surface area contributed by atoms with Gasteiger partial charge in [-0.2, -0.15) is 0 Å². The summed E-state index contributed by atoms with van der Waals surface area (Å²) in [5, 5.41) is 5.98. The van der Waals surface area contributed by atoms with Crippen LogP contribution in [-0.2, 0) is 10.0 Å². The molecule has 0 radical (unpaired) electrons. The zero-order valence-electron chi connectivity index (χ0n) is 15.5. The van der Waals surface area contributed by atoms with Gasteiger partial charge in [-0.3, -0.25) is 4.79 Å². The van der Waals surface area contributed by atoms with Crippen molar-refractivity contribution in [3.05, 3.63) is 41.4 Å². The smallest absolute Gasteiger partial charge is 0.251 e. The minimum Gasteiger partial charge on any atom is -0.352 e. The molecule has 1 atom stereocenters. The van der Waals surface area contributed by atoms with Crippen molar-refractivity contribution in [1.29, 1.82) is 0 Å². The van der Waals surface area contributed by atoms with Gasteiger partial charge in [-0.25, -0.2) is 17.7 Å². The van der Waals surface area contributed by atoms with E-state index in [0.29, 0.717) is 18.0 Å². The fraction of sp³-hybridized carbons (Fsp3) is 0.444. The van der Waals surface area contributed by atoms with E-state index in [1.807, 2.05) is 11.6 Å². The summed E-state index contributed by atoms with van der Waals surface area (Å²) in [5.74, 6) is 0.190. The Kier molecular flexibility index (Phi) is 6.13. The summed E-state index contributed by atoms with van der Waals surface area (Å²) in [7, 11) is -0.523. The molecule has 1 aliphatic rings. The van der Waals surface area contributed by atoms with Crippen LogP contribution in [-0.4, -0.2) is 57.3 Å². The standard InChI is InChI=1S/C18H24N4O3S2/c1-21(2)27(24,25)16-7-5-15(6-8-16)17(23)20-12-14-4-3-10-22(13-14)18-19-9-11-26-18/h5-9,11,14H,3-4,10,12-13H2,1-2H3,(H,20,23). The van der Waals surface area contributed by atoms with Crippen LogP contribution < -0.4 is 10.2 Å². The van der Waals surface area contributed by atoms with E-state index in [-0.39, 0.29) is 10.8 Å². The van der Waals surface area contributed by atoms with Crippen molar-refractivity contribution in [2.24, 2.45) is 5.92 Å². The van der Waals surface area contributed by atoms with Gasteiger partial charge in [0.25, 0.3) is 5.91 Å². The van der Waals surface area contributed by atoms with E-state index >= 15 is 0 Å². The molecule has 1 fully saturated rings. The summed E-state index contributed by atoms with van der Waals surface area (Å²) in [6, 6.07) is 6.03. The Hall–Kier alpha value is -1.97. The molecule has 2 heterocycles. The van der Waals surface area contributed by atoms with Gasteiger partial charge in [-0.05, 0) is 43.0 Å². The van der Waals surface area contributed by atoms with Crippen molar-refractivity contribution < 1.29 is 13.2 Å². The number of hydrogen-bond acceptors (Lipinski definition) is 6. The highest BCUT2D eigenvalue weighted by atomic mass is 32.2. The lowest BCUT2D eigenvalue weighted by atomic mass is 9.98. The number of hydrogen-bond donors (Lipinski definition) is 1. The number of carbonyl (C=O) groups excluding carboxylic acids is 1. The molecular formula is C18H24N4O3S2. The molecule has 1 N–H and O–H groups in total. The second-order valence-corrected chi connectivity index (χ2v) is 9.82. The Bertz CT molecular complexity index is 865. The number of sulfonamides is 1. The quantitative estimate of drug-likeness (QED) is 0.791. The third-order valence-electron chi connectivity index (χ3n) is 4.66. The number of anilines is 1. The van der Waals surface area contributed by atoms with E-state index in [2.05, 4.69) is 15.2 Å². The lowest BCUT2D eigenvalue weighted by Gasteiger charge is -2.32. The molecule has 1 aliphatic heterocycles. The van der Waals surface area contributed by atoms with E-state index in [9.17, 15) is 13.2 Å². The predicted molar refractivity (Wildman–Crippen MR) is 107 cm³/mol. The Balaban J connectivity index is 1.56. The summed E-state index contributed by atoms with van der Waals surface area (Å²) in [5.41, 5.74) is 0.459. The average Bonchev–Trinajstić information content (AvgIpc) is 3.21. The first kappa shape index (κ1) is 19.8. The highest BCUT2D eigenvalue weighted by Crippen LogP contribution is 2.24. The molecular weight excluding hydrogens is 384 g/mol. The molecule has 1 amide bonds. The van der Waals surface area contributed by atoms with E-state index < -0.39 is 10.0 Å². The average molecular weight is 409 g/mol. The fourth-order valence-corrected chi connectivity index (χ4v) is 4.69. The number of thiazole rings is 1. The second-order valence-electron chi connectivity index (χ2n) is 6.79. The van der Waals surface area contributed by atoms with Crippen LogP contribution in [0.4, 0.5) is 5.13 Å². The zero-order valence-corrected chi connectivity index (χ0v) is 17.1. The molecule has 9 heteroatoms. The molecule has 1 unspecified atom stereocenters. The van der Waals surface area contributed by atoms with Gasteiger partial charge >= 0.3 is 0 Å². The maximum Gasteiger partial charge on any atom is 0.251 e. The molecule has 2 aromatic rings. The van der Waals surface area contributed by atoms with Gasteiger partial charge in [0.2, 0.25) is 10.0 Å². The normalized spacial score (nSPS) is 17.9. The van der Waals surface area contributed by atoms with Gasteiger partial charge in [0.15, 0.2) is 5.13 Å². The second kappa shape index (κ2) is 8.37. The number of nitrogens with zero attached hydrogens (tertiary/aromatic N) is 3. The SMILES string of the molecule is CN(C)S(=O)(=O)c1ccc(C(=O)NCC2CCCN(c3nccs3)C2)cc1. The Morgan fingerprint density at radius 2 is 2.07 bits per heavy atom. The van der Waals surface area contributed by atoms with Crippen LogP contribution in [0.5, 0.6) is 0 Å². The largest absolute Gasteiger partial charge is 0.352 e. The Morgan fingerprint density at radius 1 is 1.33 bits per heavy atom. The molecule has 0 spiro atoms. The van der Waals surface area contributed by atoms with Crippen LogP contribution >= 0.6 is 11.3 Å². The topological polar surface area (TPSA) is 82.6 Å². The maximum absolute atomic E-state index is 12.4. The molecule has 0 saturated carbocycles. The summed E-state index contributed by atoms with van der Waals surface area (Å²) in [6.45, 7) is 2.48. The summed E-state index contributed by atoms with van der Waals surface area (Å²) in [6.07, 6.45) is 3.96. The Labute approximate surface area is 164 Å². The van der Waals surface area contributed by atoms with E-state index in [4.69, 9.17) is 0 Å². The lowest BCUT2D eigenvalue weighted by Crippen LogP contribution is -2.41. The fourth-order valence-electron chi connectivity index (χ4n) is 3.11. The number of carbonyl (C=O) groups is 1. The van der Waals surface area contributed by atoms with Crippen molar-refractivity contribution in [1.82, 2.24) is 14.6 Å². The highest BCUT2D eigenvalue weighted by molar-refractivity contribution is 7.89. The van der Waals surface area contributed by atoms with E-state index in [1.54, 1.807) is 23.5 Å². The molecule has 3 rings (SSSR count). The lowest BCUT2D eigenvalue weighted by molar-refractivity contribution is 0.0945. The summed E-state index contributed by atoms with van der Waals surface area (Å²) < 4.78 is 25.3. The molecule has 1 aromatic heterocycles. The van der Waals surface area contributed by atoms with Crippen LogP contribution in [0.2, 0.25) is 0 Å². The highest BCUT2D eigenvalue weighted by Gasteiger charge is 2.22. The number of rotatable bonds is 6. The van der Waals surface area contributed by atoms with Crippen LogP contribution in [0.1, 0.15) is 23.2 Å². The van der Waals surface area contributed by atoms with E-state index in [0.717, 1.165) is 35.4 Å². The summed E-state index contributed by atoms with van der Waals surface area (Å²) >= 11 is 1.63. The maximum atomic E-state index is 12.4. The van der Waals surface area contributed by atoms with E-state index in [1.165, 1.54) is 26.2 Å². The van der Waals surface area contributed by atoms with Gasteiger partial charge in [0.05, 0.1) is 4.90 Å². The van der Waals surface area contributed by atoms with Gasteiger partial charge in [-0.1, -0.05) is 0 Å². The number of piperidine rings is 1. The van der Waals surface area contributed by atoms with Crippen molar-refractivity contribution in [3.8, 4) is 0 Å². The minimum absolute atomic E-state index is 0.176. The van der Waals surface area contributed by atoms with Crippen LogP contribution in [0.3, 0.4) is 0 Å².